The number of nitrogens with zero attached hydrogens (tertiary/aromatic N) is 1. The third-order valence-corrected chi connectivity index (χ3v) is 3.99. The first kappa shape index (κ1) is 14.5. The third kappa shape index (κ3) is 3.36. The lowest BCUT2D eigenvalue weighted by Gasteiger charge is -2.08. The van der Waals surface area contributed by atoms with Crippen LogP contribution in [0, 0.1) is 24.0 Å². The molecule has 2 rings (SSSR count). The van der Waals surface area contributed by atoms with Crippen LogP contribution in [0.1, 0.15) is 16.7 Å². The van der Waals surface area contributed by atoms with Crippen LogP contribution in [-0.2, 0) is 6.54 Å². The number of anilines is 1. The van der Waals surface area contributed by atoms with Crippen LogP contribution in [0.4, 0.5) is 11.4 Å². The van der Waals surface area contributed by atoms with Gasteiger partial charge in [0, 0.05) is 28.3 Å². The van der Waals surface area contributed by atoms with Crippen molar-refractivity contribution in [1.29, 1.82) is 0 Å². The summed E-state index contributed by atoms with van der Waals surface area (Å²) >= 11 is 3.48. The summed E-state index contributed by atoms with van der Waals surface area (Å²) in [5, 5.41) is 14.2. The molecule has 0 amide bonds. The molecule has 2 aromatic carbocycles. The van der Waals surface area contributed by atoms with E-state index in [-0.39, 0.29) is 10.6 Å². The Balaban J connectivity index is 2.12. The van der Waals surface area contributed by atoms with Crippen LogP contribution < -0.4 is 5.32 Å². The topological polar surface area (TPSA) is 55.2 Å². The van der Waals surface area contributed by atoms with Crippen LogP contribution in [0.5, 0.6) is 0 Å². The minimum absolute atomic E-state index is 0.161. The smallest absolute Gasteiger partial charge is 0.272 e. The van der Waals surface area contributed by atoms with Gasteiger partial charge in [-0.3, -0.25) is 10.1 Å². The summed E-state index contributed by atoms with van der Waals surface area (Å²) in [4.78, 5) is 10.6. The number of hydrogen-bond acceptors (Lipinski definition) is 3. The molecular formula is C15H15BrN2O2. The van der Waals surface area contributed by atoms with E-state index >= 15 is 0 Å². The Kier molecular flexibility index (Phi) is 4.39. The molecule has 0 radical (unpaired) electrons. The Morgan fingerprint density at radius 1 is 1.15 bits per heavy atom. The lowest BCUT2D eigenvalue weighted by atomic mass is 10.1. The molecule has 0 fully saturated rings. The molecule has 0 spiro atoms. The highest BCUT2D eigenvalue weighted by atomic mass is 79.9. The third-order valence-electron chi connectivity index (χ3n) is 3.14. The number of nitrogens with one attached hydrogen (secondary N) is 1. The predicted molar refractivity (Wildman–Crippen MR) is 84.0 cm³/mol. The summed E-state index contributed by atoms with van der Waals surface area (Å²) < 4.78 is 1.04. The largest absolute Gasteiger partial charge is 0.381 e. The molecule has 0 saturated carbocycles. The maximum atomic E-state index is 10.9. The molecule has 0 aliphatic rings. The molecule has 20 heavy (non-hydrogen) atoms. The molecule has 0 aliphatic carbocycles. The van der Waals surface area contributed by atoms with Gasteiger partial charge in [0.2, 0.25) is 0 Å². The molecule has 0 unspecified atom stereocenters. The molecular weight excluding hydrogens is 320 g/mol. The molecule has 104 valence electrons. The van der Waals surface area contributed by atoms with E-state index < -0.39 is 0 Å². The fourth-order valence-corrected chi connectivity index (χ4v) is 2.25. The average Bonchev–Trinajstić information content (AvgIpc) is 2.41. The maximum absolute atomic E-state index is 10.9. The van der Waals surface area contributed by atoms with Crippen molar-refractivity contribution in [2.75, 3.05) is 5.32 Å². The van der Waals surface area contributed by atoms with Crippen LogP contribution >= 0.6 is 15.9 Å². The van der Waals surface area contributed by atoms with Gasteiger partial charge in [-0.15, -0.1) is 0 Å². The number of rotatable bonds is 4. The Morgan fingerprint density at radius 3 is 2.50 bits per heavy atom. The lowest BCUT2D eigenvalue weighted by Crippen LogP contribution is -2.01. The van der Waals surface area contributed by atoms with Crippen molar-refractivity contribution in [3.8, 4) is 0 Å². The molecule has 0 heterocycles. The summed E-state index contributed by atoms with van der Waals surface area (Å²) in [6.45, 7) is 4.32. The zero-order valence-corrected chi connectivity index (χ0v) is 12.9. The van der Waals surface area contributed by atoms with E-state index in [1.807, 2.05) is 31.2 Å². The Hall–Kier alpha value is -1.88. The Morgan fingerprint density at radius 2 is 1.85 bits per heavy atom. The molecule has 0 bridgehead atoms. The van der Waals surface area contributed by atoms with Crippen molar-refractivity contribution >= 4 is 27.3 Å². The quantitative estimate of drug-likeness (QED) is 0.657. The number of halogens is 1. The van der Waals surface area contributed by atoms with Crippen molar-refractivity contribution in [2.45, 2.75) is 20.4 Å². The first-order valence-corrected chi connectivity index (χ1v) is 7.00. The number of nitro benzene ring substituents is 1. The number of hydrogen-bond donors (Lipinski definition) is 1. The summed E-state index contributed by atoms with van der Waals surface area (Å²) in [5.41, 5.74) is 3.87. The minimum atomic E-state index is -0.346. The second-order valence-electron chi connectivity index (χ2n) is 4.70. The zero-order chi connectivity index (χ0) is 14.7. The second kappa shape index (κ2) is 6.05. The van der Waals surface area contributed by atoms with Crippen molar-refractivity contribution in [1.82, 2.24) is 0 Å². The van der Waals surface area contributed by atoms with Crippen molar-refractivity contribution < 1.29 is 4.92 Å². The standard InChI is InChI=1S/C15H15BrN2O2/c1-10-4-6-13(8-14(10)16)17-9-12-5-3-11(2)15(7-12)18(19)20/h3-8,17H,9H2,1-2H3. The fraction of sp³-hybridized carbons (Fsp3) is 0.200. The highest BCUT2D eigenvalue weighted by Crippen LogP contribution is 2.22. The van der Waals surface area contributed by atoms with E-state index in [1.54, 1.807) is 19.1 Å². The van der Waals surface area contributed by atoms with Crippen LogP contribution in [0.15, 0.2) is 40.9 Å². The molecule has 0 aliphatic heterocycles. The molecule has 0 aromatic heterocycles. The number of benzene rings is 2. The van der Waals surface area contributed by atoms with Crippen molar-refractivity contribution in [3.63, 3.8) is 0 Å². The Labute approximate surface area is 126 Å². The van der Waals surface area contributed by atoms with Crippen molar-refractivity contribution in [3.05, 3.63) is 67.7 Å². The second-order valence-corrected chi connectivity index (χ2v) is 5.55. The van der Waals surface area contributed by atoms with Gasteiger partial charge >= 0.3 is 0 Å². The highest BCUT2D eigenvalue weighted by molar-refractivity contribution is 9.10. The molecule has 5 heteroatoms. The first-order valence-electron chi connectivity index (χ1n) is 6.21. The van der Waals surface area contributed by atoms with Gasteiger partial charge in [-0.2, -0.15) is 0 Å². The van der Waals surface area contributed by atoms with E-state index in [0.29, 0.717) is 12.1 Å². The average molecular weight is 335 g/mol. The van der Waals surface area contributed by atoms with Gasteiger partial charge < -0.3 is 5.32 Å². The normalized spacial score (nSPS) is 10.3. The fourth-order valence-electron chi connectivity index (χ4n) is 1.87. The van der Waals surface area contributed by atoms with E-state index in [9.17, 15) is 10.1 Å². The molecule has 1 N–H and O–H groups in total. The highest BCUT2D eigenvalue weighted by Gasteiger charge is 2.10. The summed E-state index contributed by atoms with van der Waals surface area (Å²) in [6.07, 6.45) is 0. The predicted octanol–water partition coefficient (Wildman–Crippen LogP) is 4.59. The number of aryl methyl sites for hydroxylation is 2. The lowest BCUT2D eigenvalue weighted by molar-refractivity contribution is -0.385. The van der Waals surface area contributed by atoms with Crippen molar-refractivity contribution in [2.24, 2.45) is 0 Å². The van der Waals surface area contributed by atoms with Gasteiger partial charge in [-0.1, -0.05) is 34.1 Å². The molecule has 0 saturated heterocycles. The molecule has 4 nitrogen and oxygen atoms in total. The van der Waals surface area contributed by atoms with Gasteiger partial charge in [-0.05, 0) is 37.1 Å². The number of nitro groups is 1. The van der Waals surface area contributed by atoms with Gasteiger partial charge in [0.1, 0.15) is 0 Å². The first-order chi connectivity index (χ1) is 9.47. The van der Waals surface area contributed by atoms with Crippen LogP contribution in [0.3, 0.4) is 0 Å². The van der Waals surface area contributed by atoms with Gasteiger partial charge in [0.25, 0.3) is 5.69 Å². The molecule has 0 atom stereocenters. The van der Waals surface area contributed by atoms with E-state index in [2.05, 4.69) is 21.2 Å². The van der Waals surface area contributed by atoms with E-state index in [4.69, 9.17) is 0 Å². The summed E-state index contributed by atoms with van der Waals surface area (Å²) in [7, 11) is 0. The summed E-state index contributed by atoms with van der Waals surface area (Å²) in [5.74, 6) is 0. The van der Waals surface area contributed by atoms with E-state index in [1.165, 1.54) is 5.56 Å². The van der Waals surface area contributed by atoms with Crippen LogP contribution in [0.2, 0.25) is 0 Å². The zero-order valence-electron chi connectivity index (χ0n) is 11.3. The molecule has 2 aromatic rings. The van der Waals surface area contributed by atoms with Crippen LogP contribution in [-0.4, -0.2) is 4.92 Å². The maximum Gasteiger partial charge on any atom is 0.272 e. The van der Waals surface area contributed by atoms with Gasteiger partial charge in [0.15, 0.2) is 0 Å². The monoisotopic (exact) mass is 334 g/mol. The van der Waals surface area contributed by atoms with E-state index in [0.717, 1.165) is 15.7 Å². The van der Waals surface area contributed by atoms with Gasteiger partial charge in [0.05, 0.1) is 4.92 Å². The summed E-state index contributed by atoms with van der Waals surface area (Å²) in [6, 6.07) is 11.3. The minimum Gasteiger partial charge on any atom is -0.381 e. The van der Waals surface area contributed by atoms with Gasteiger partial charge in [-0.25, -0.2) is 0 Å². The Bertz CT molecular complexity index is 656. The SMILES string of the molecule is Cc1ccc(NCc2ccc(C)c([N+](=O)[O-])c2)cc1Br. The van der Waals surface area contributed by atoms with Crippen LogP contribution in [0.25, 0.3) is 0 Å².